The molecule has 0 saturated carbocycles. The number of hydrogen-bond acceptors (Lipinski definition) is 5. The number of carbonyl (C=O) groups excluding carboxylic acids is 1. The quantitative estimate of drug-likeness (QED) is 0.598. The second kappa shape index (κ2) is 8.48. The van der Waals surface area contributed by atoms with E-state index in [2.05, 4.69) is 34.3 Å². The summed E-state index contributed by atoms with van der Waals surface area (Å²) in [7, 11) is 0. The summed E-state index contributed by atoms with van der Waals surface area (Å²) >= 11 is 0. The predicted molar refractivity (Wildman–Crippen MR) is 95.1 cm³/mol. The van der Waals surface area contributed by atoms with Crippen molar-refractivity contribution in [2.45, 2.75) is 19.6 Å². The van der Waals surface area contributed by atoms with Gasteiger partial charge in [-0.25, -0.2) is 0 Å². The van der Waals surface area contributed by atoms with Crippen molar-refractivity contribution < 1.29 is 14.0 Å². The SMILES string of the molecule is CC(O/N=C/c1ccco1)C(=O)N1CCN(Cc2ccccc2)CC1. The second-order valence-corrected chi connectivity index (χ2v) is 6.08. The lowest BCUT2D eigenvalue weighted by atomic mass is 10.2. The van der Waals surface area contributed by atoms with Crippen LogP contribution in [0.4, 0.5) is 0 Å². The van der Waals surface area contributed by atoms with Gasteiger partial charge in [-0.2, -0.15) is 0 Å². The van der Waals surface area contributed by atoms with E-state index in [4.69, 9.17) is 9.25 Å². The first-order valence-corrected chi connectivity index (χ1v) is 8.50. The largest absolute Gasteiger partial charge is 0.463 e. The van der Waals surface area contributed by atoms with Crippen molar-refractivity contribution in [3.63, 3.8) is 0 Å². The number of hydrogen-bond donors (Lipinski definition) is 0. The topological polar surface area (TPSA) is 58.3 Å². The average Bonchev–Trinajstić information content (AvgIpc) is 3.16. The van der Waals surface area contributed by atoms with Crippen molar-refractivity contribution in [2.75, 3.05) is 26.2 Å². The maximum absolute atomic E-state index is 12.4. The van der Waals surface area contributed by atoms with E-state index in [1.165, 1.54) is 11.8 Å². The van der Waals surface area contributed by atoms with Gasteiger partial charge >= 0.3 is 0 Å². The van der Waals surface area contributed by atoms with E-state index in [-0.39, 0.29) is 5.91 Å². The summed E-state index contributed by atoms with van der Waals surface area (Å²) in [5.41, 5.74) is 1.30. The number of furan rings is 1. The summed E-state index contributed by atoms with van der Waals surface area (Å²) in [6.07, 6.45) is 2.42. The van der Waals surface area contributed by atoms with Crippen molar-refractivity contribution in [2.24, 2.45) is 5.16 Å². The van der Waals surface area contributed by atoms with Gasteiger partial charge in [0.25, 0.3) is 5.91 Å². The molecule has 2 aromatic rings. The van der Waals surface area contributed by atoms with Gasteiger partial charge in [-0.05, 0) is 24.6 Å². The maximum Gasteiger partial charge on any atom is 0.266 e. The zero-order chi connectivity index (χ0) is 17.5. The van der Waals surface area contributed by atoms with Crippen LogP contribution in [0, 0.1) is 0 Å². The van der Waals surface area contributed by atoms with Gasteiger partial charge in [-0.3, -0.25) is 9.69 Å². The van der Waals surface area contributed by atoms with Gasteiger partial charge in [0.05, 0.1) is 6.26 Å². The highest BCUT2D eigenvalue weighted by Gasteiger charge is 2.26. The zero-order valence-electron chi connectivity index (χ0n) is 14.4. The van der Waals surface area contributed by atoms with Crippen molar-refractivity contribution in [3.8, 4) is 0 Å². The molecule has 1 fully saturated rings. The standard InChI is InChI=1S/C19H23N3O3/c1-16(25-20-14-18-8-5-13-24-18)19(23)22-11-9-21(10-12-22)15-17-6-3-2-4-7-17/h2-8,13-14,16H,9-12,15H2,1H3/b20-14+. The Morgan fingerprint density at radius 3 is 2.64 bits per heavy atom. The number of oxime groups is 1. The molecule has 0 aliphatic carbocycles. The molecule has 1 unspecified atom stereocenters. The van der Waals surface area contributed by atoms with Gasteiger partial charge in [-0.15, -0.1) is 0 Å². The lowest BCUT2D eigenvalue weighted by Crippen LogP contribution is -2.50. The number of nitrogens with zero attached hydrogens (tertiary/aromatic N) is 3. The number of benzene rings is 1. The fourth-order valence-electron chi connectivity index (χ4n) is 2.81. The highest BCUT2D eigenvalue weighted by atomic mass is 16.6. The van der Waals surface area contributed by atoms with E-state index in [0.29, 0.717) is 18.8 Å². The third kappa shape index (κ3) is 4.93. The molecule has 1 aromatic carbocycles. The molecule has 1 aliphatic rings. The van der Waals surface area contributed by atoms with Crippen molar-refractivity contribution in [3.05, 3.63) is 60.1 Å². The van der Waals surface area contributed by atoms with Crippen LogP contribution in [-0.4, -0.2) is 54.2 Å². The third-order valence-corrected chi connectivity index (χ3v) is 4.22. The molecule has 1 saturated heterocycles. The molecule has 132 valence electrons. The first-order chi connectivity index (χ1) is 12.2. The smallest absolute Gasteiger partial charge is 0.266 e. The zero-order valence-corrected chi connectivity index (χ0v) is 14.4. The molecule has 25 heavy (non-hydrogen) atoms. The van der Waals surface area contributed by atoms with Crippen LogP contribution in [0.5, 0.6) is 0 Å². The molecular formula is C19H23N3O3. The van der Waals surface area contributed by atoms with Gasteiger partial charge < -0.3 is 14.2 Å². The fraction of sp³-hybridized carbons (Fsp3) is 0.368. The molecule has 1 atom stereocenters. The number of piperazine rings is 1. The molecule has 1 aliphatic heterocycles. The Bertz CT molecular complexity index is 677. The number of amides is 1. The minimum absolute atomic E-state index is 0.0315. The Morgan fingerprint density at radius 1 is 1.20 bits per heavy atom. The van der Waals surface area contributed by atoms with E-state index >= 15 is 0 Å². The molecule has 0 N–H and O–H groups in total. The van der Waals surface area contributed by atoms with Crippen LogP contribution >= 0.6 is 0 Å². The first kappa shape index (κ1) is 17.2. The third-order valence-electron chi connectivity index (χ3n) is 4.22. The molecule has 3 rings (SSSR count). The average molecular weight is 341 g/mol. The van der Waals surface area contributed by atoms with Crippen molar-refractivity contribution >= 4 is 12.1 Å². The molecule has 0 spiro atoms. The van der Waals surface area contributed by atoms with Gasteiger partial charge in [-0.1, -0.05) is 35.5 Å². The summed E-state index contributed by atoms with van der Waals surface area (Å²) in [4.78, 5) is 21.9. The van der Waals surface area contributed by atoms with E-state index < -0.39 is 6.10 Å². The maximum atomic E-state index is 12.4. The monoisotopic (exact) mass is 341 g/mol. The van der Waals surface area contributed by atoms with E-state index in [1.807, 2.05) is 11.0 Å². The minimum atomic E-state index is -0.605. The summed E-state index contributed by atoms with van der Waals surface area (Å²) in [5, 5.41) is 3.82. The van der Waals surface area contributed by atoms with E-state index in [1.54, 1.807) is 25.3 Å². The molecule has 0 bridgehead atoms. The highest BCUT2D eigenvalue weighted by Crippen LogP contribution is 2.10. The molecule has 6 heteroatoms. The van der Waals surface area contributed by atoms with Gasteiger partial charge in [0.15, 0.2) is 0 Å². The van der Waals surface area contributed by atoms with Crippen LogP contribution in [-0.2, 0) is 16.2 Å². The van der Waals surface area contributed by atoms with Crippen LogP contribution in [0.2, 0.25) is 0 Å². The number of rotatable bonds is 6. The molecule has 1 aromatic heterocycles. The molecule has 0 radical (unpaired) electrons. The lowest BCUT2D eigenvalue weighted by molar-refractivity contribution is -0.144. The lowest BCUT2D eigenvalue weighted by Gasteiger charge is -2.35. The van der Waals surface area contributed by atoms with Crippen LogP contribution < -0.4 is 0 Å². The minimum Gasteiger partial charge on any atom is -0.463 e. The molecule has 1 amide bonds. The van der Waals surface area contributed by atoms with Crippen LogP contribution in [0.3, 0.4) is 0 Å². The van der Waals surface area contributed by atoms with E-state index in [0.717, 1.165) is 19.6 Å². The van der Waals surface area contributed by atoms with Crippen LogP contribution in [0.1, 0.15) is 18.2 Å². The molecule has 6 nitrogen and oxygen atoms in total. The van der Waals surface area contributed by atoms with Gasteiger partial charge in [0.2, 0.25) is 6.10 Å². The summed E-state index contributed by atoms with van der Waals surface area (Å²) in [6, 6.07) is 13.9. The van der Waals surface area contributed by atoms with Crippen LogP contribution in [0.25, 0.3) is 0 Å². The van der Waals surface area contributed by atoms with Crippen molar-refractivity contribution in [1.29, 1.82) is 0 Å². The Kier molecular flexibility index (Phi) is 5.85. The normalized spacial score (nSPS) is 16.9. The Balaban J connectivity index is 1.43. The highest BCUT2D eigenvalue weighted by molar-refractivity contribution is 5.81. The molecular weight excluding hydrogens is 318 g/mol. The fourth-order valence-corrected chi connectivity index (χ4v) is 2.81. The Labute approximate surface area is 147 Å². The number of carbonyl (C=O) groups is 1. The second-order valence-electron chi connectivity index (χ2n) is 6.08. The van der Waals surface area contributed by atoms with E-state index in [9.17, 15) is 4.79 Å². The summed E-state index contributed by atoms with van der Waals surface area (Å²) in [6.45, 7) is 5.79. The Morgan fingerprint density at radius 2 is 1.96 bits per heavy atom. The predicted octanol–water partition coefficient (Wildman–Crippen LogP) is 2.36. The molecule has 2 heterocycles. The van der Waals surface area contributed by atoms with Crippen LogP contribution in [0.15, 0.2) is 58.3 Å². The Hall–Kier alpha value is -2.60. The van der Waals surface area contributed by atoms with Crippen molar-refractivity contribution in [1.82, 2.24) is 9.80 Å². The van der Waals surface area contributed by atoms with Gasteiger partial charge in [0.1, 0.15) is 12.0 Å². The van der Waals surface area contributed by atoms with Gasteiger partial charge in [0, 0.05) is 32.7 Å². The summed E-state index contributed by atoms with van der Waals surface area (Å²) in [5.74, 6) is 0.560. The summed E-state index contributed by atoms with van der Waals surface area (Å²) < 4.78 is 5.12. The first-order valence-electron chi connectivity index (χ1n) is 8.50.